The summed E-state index contributed by atoms with van der Waals surface area (Å²) in [6, 6.07) is 4.17. The molecule has 0 fully saturated rings. The highest BCUT2D eigenvalue weighted by Crippen LogP contribution is 2.46. The number of benzene rings is 3. The number of phenolic OH excluding ortho intramolecular Hbond substituents is 1. The molecule has 0 aliphatic rings. The van der Waals surface area contributed by atoms with Crippen molar-refractivity contribution in [1.29, 1.82) is 0 Å². The van der Waals surface area contributed by atoms with Gasteiger partial charge >= 0.3 is 6.08 Å². The molecular weight excluding hydrogens is 680 g/mol. The average molecular weight is 696 g/mol. The number of halogens is 3. The van der Waals surface area contributed by atoms with Crippen LogP contribution in [0.2, 0.25) is 5.02 Å². The fraction of sp³-hybridized carbons (Fsp3) is 0. The number of phenols is 1. The zero-order valence-electron chi connectivity index (χ0n) is 21.1. The van der Waals surface area contributed by atoms with Gasteiger partial charge in [-0.25, -0.2) is 4.99 Å². The molecule has 10 N–H and O–H groups in total. The summed E-state index contributed by atoms with van der Waals surface area (Å²) < 4.78 is 127. The molecule has 0 radical (unpaired) electrons. The van der Waals surface area contributed by atoms with E-state index in [0.29, 0.717) is 18.5 Å². The fourth-order valence-corrected chi connectivity index (χ4v) is 5.90. The Labute approximate surface area is 250 Å². The van der Waals surface area contributed by atoms with Crippen molar-refractivity contribution < 1.29 is 52.8 Å². The Morgan fingerprint density at radius 1 is 0.864 bits per heavy atom. The summed E-state index contributed by atoms with van der Waals surface area (Å²) in [6.45, 7) is 0. The minimum atomic E-state index is -5.21. The molecule has 0 aliphatic carbocycles. The summed E-state index contributed by atoms with van der Waals surface area (Å²) in [6.07, 6.45) is -0.886. The minimum Gasteiger partial charge on any atom is -0.505 e. The first-order chi connectivity index (χ1) is 20.2. The molecule has 0 saturated heterocycles. The number of aromatic hydroxyl groups is 1. The van der Waals surface area contributed by atoms with Gasteiger partial charge in [0.25, 0.3) is 30.4 Å². The number of aromatic nitrogens is 2. The lowest BCUT2D eigenvalue weighted by atomic mass is 10.1. The van der Waals surface area contributed by atoms with E-state index in [0.717, 1.165) is 18.2 Å². The fourth-order valence-electron chi connectivity index (χ4n) is 3.80. The van der Waals surface area contributed by atoms with Gasteiger partial charge in [0.1, 0.15) is 25.4 Å². The third-order valence-corrected chi connectivity index (χ3v) is 8.66. The number of rotatable bonds is 8. The van der Waals surface area contributed by atoms with Gasteiger partial charge < -0.3 is 27.2 Å². The standard InChI is InChI=1S/C21H16ClF2N7O10S3/c22-14-19(23)30-21(24)31-20(14)29-8-1-2-10(42(33,34)35)9(5-8)27-6-28-17-12(44(39,40)41)4-7-3-11(43(36,37)38)15(25)16(26)13(7)18(17)32/h1-6,32H,25-26H2,(H,27,28)(H,29,30,31)(H,33,34,35)(H,36,37,38)(H,39,40,41). The lowest BCUT2D eigenvalue weighted by Gasteiger charge is -2.15. The van der Waals surface area contributed by atoms with Crippen LogP contribution < -0.4 is 22.1 Å². The van der Waals surface area contributed by atoms with Crippen LogP contribution in [0.25, 0.3) is 10.8 Å². The molecule has 0 amide bonds. The molecule has 44 heavy (non-hydrogen) atoms. The van der Waals surface area contributed by atoms with Gasteiger partial charge in [0, 0.05) is 5.69 Å². The second kappa shape index (κ2) is 11.2. The number of anilines is 5. The molecule has 0 aliphatic heterocycles. The first-order valence-electron chi connectivity index (χ1n) is 11.1. The van der Waals surface area contributed by atoms with E-state index < -0.39 is 107 Å². The molecule has 0 spiro atoms. The lowest BCUT2D eigenvalue weighted by molar-refractivity contribution is 0.472. The molecular formula is C21H16ClF2N7O10S3. The lowest BCUT2D eigenvalue weighted by Crippen LogP contribution is -2.08. The van der Waals surface area contributed by atoms with Crippen molar-refractivity contribution in [2.75, 3.05) is 22.1 Å². The van der Waals surface area contributed by atoms with Crippen molar-refractivity contribution >= 4 is 93.3 Å². The number of hydrogen-bond acceptors (Lipinski definition) is 13. The summed E-state index contributed by atoms with van der Waals surface area (Å²) in [5.74, 6) is -3.03. The highest BCUT2D eigenvalue weighted by atomic mass is 35.5. The number of nitrogens with one attached hydrogen (secondary N) is 2. The Hall–Kier alpha value is -4.45. The van der Waals surface area contributed by atoms with Crippen LogP contribution in [0.1, 0.15) is 0 Å². The molecule has 3 aromatic carbocycles. The topological polar surface area (TPSA) is 298 Å². The number of nitrogens with two attached hydrogens (primary N) is 2. The van der Waals surface area contributed by atoms with Crippen molar-refractivity contribution in [1.82, 2.24) is 9.97 Å². The van der Waals surface area contributed by atoms with Gasteiger partial charge in [0.15, 0.2) is 11.6 Å². The predicted molar refractivity (Wildman–Crippen MR) is 152 cm³/mol. The maximum atomic E-state index is 13.7. The number of nitrogens with zero attached hydrogens (tertiary/aromatic N) is 3. The Morgan fingerprint density at radius 2 is 1.45 bits per heavy atom. The van der Waals surface area contributed by atoms with Gasteiger partial charge in [-0.3, -0.25) is 13.7 Å². The average Bonchev–Trinajstić information content (AvgIpc) is 2.88. The molecule has 17 nitrogen and oxygen atoms in total. The Kier molecular flexibility index (Phi) is 8.29. The number of hydrogen-bond donors (Lipinski definition) is 8. The molecule has 0 atom stereocenters. The maximum absolute atomic E-state index is 13.7. The Bertz CT molecular complexity index is 2240. The smallest absolute Gasteiger partial charge is 0.313 e. The third-order valence-electron chi connectivity index (χ3n) is 5.65. The van der Waals surface area contributed by atoms with E-state index in [1.807, 2.05) is 0 Å². The molecule has 0 saturated carbocycles. The second-order valence-electron chi connectivity index (χ2n) is 8.48. The largest absolute Gasteiger partial charge is 0.505 e. The van der Waals surface area contributed by atoms with E-state index in [4.69, 9.17) is 23.1 Å². The van der Waals surface area contributed by atoms with Crippen molar-refractivity contribution in [2.24, 2.45) is 4.99 Å². The summed E-state index contributed by atoms with van der Waals surface area (Å²) in [5, 5.41) is 14.0. The van der Waals surface area contributed by atoms with Gasteiger partial charge in [0.2, 0.25) is 5.95 Å². The van der Waals surface area contributed by atoms with Crippen LogP contribution in [-0.2, 0) is 30.4 Å². The van der Waals surface area contributed by atoms with Gasteiger partial charge in [-0.2, -0.15) is 44.0 Å². The minimum absolute atomic E-state index is 0.113. The van der Waals surface area contributed by atoms with E-state index in [-0.39, 0.29) is 5.69 Å². The van der Waals surface area contributed by atoms with E-state index in [9.17, 15) is 52.8 Å². The summed E-state index contributed by atoms with van der Waals surface area (Å²) >= 11 is 5.72. The van der Waals surface area contributed by atoms with Crippen LogP contribution in [0.5, 0.6) is 5.75 Å². The van der Waals surface area contributed by atoms with E-state index >= 15 is 0 Å². The van der Waals surface area contributed by atoms with Crippen LogP contribution in [0.4, 0.5) is 43.0 Å². The quantitative estimate of drug-likeness (QED) is 0.0328. The van der Waals surface area contributed by atoms with Gasteiger partial charge in [-0.05, 0) is 35.7 Å². The van der Waals surface area contributed by atoms with Crippen molar-refractivity contribution in [3.63, 3.8) is 0 Å². The van der Waals surface area contributed by atoms with Crippen LogP contribution in [0, 0.1) is 12.0 Å². The molecule has 0 unspecified atom stereocenters. The second-order valence-corrected chi connectivity index (χ2v) is 13.0. The molecule has 23 heteroatoms. The van der Waals surface area contributed by atoms with Crippen molar-refractivity contribution in [2.45, 2.75) is 14.7 Å². The normalized spacial score (nSPS) is 12.6. The predicted octanol–water partition coefficient (Wildman–Crippen LogP) is 2.69. The Balaban J connectivity index is 1.84. The molecule has 234 valence electrons. The van der Waals surface area contributed by atoms with E-state index in [1.54, 1.807) is 0 Å². The summed E-state index contributed by atoms with van der Waals surface area (Å²) in [7, 11) is -15.1. The number of aliphatic imine (C=N–C) groups is 1. The van der Waals surface area contributed by atoms with Crippen molar-refractivity contribution in [3.05, 3.63) is 47.4 Å². The van der Waals surface area contributed by atoms with E-state index in [2.05, 4.69) is 25.6 Å². The molecule has 1 heterocycles. The highest BCUT2D eigenvalue weighted by Gasteiger charge is 2.26. The third kappa shape index (κ3) is 6.40. The Morgan fingerprint density at radius 3 is 2.05 bits per heavy atom. The van der Waals surface area contributed by atoms with Gasteiger partial charge in [-0.1, -0.05) is 11.6 Å². The first kappa shape index (κ1) is 32.5. The van der Waals surface area contributed by atoms with Gasteiger partial charge in [-0.15, -0.1) is 0 Å². The first-order valence-corrected chi connectivity index (χ1v) is 15.8. The summed E-state index contributed by atoms with van der Waals surface area (Å²) in [4.78, 5) is 6.97. The molecule has 0 bridgehead atoms. The highest BCUT2D eigenvalue weighted by molar-refractivity contribution is 7.86. The van der Waals surface area contributed by atoms with Crippen LogP contribution >= 0.6 is 11.6 Å². The zero-order valence-corrected chi connectivity index (χ0v) is 24.3. The molecule has 1 aromatic heterocycles. The van der Waals surface area contributed by atoms with Crippen LogP contribution in [0.3, 0.4) is 0 Å². The van der Waals surface area contributed by atoms with Crippen molar-refractivity contribution in [3.8, 4) is 5.75 Å². The van der Waals surface area contributed by atoms with Gasteiger partial charge in [0.05, 0.1) is 28.8 Å². The monoisotopic (exact) mass is 695 g/mol. The van der Waals surface area contributed by atoms with Crippen LogP contribution in [-0.4, -0.2) is 60.3 Å². The van der Waals surface area contributed by atoms with E-state index in [1.165, 1.54) is 0 Å². The molecule has 4 aromatic rings. The maximum Gasteiger partial charge on any atom is 0.313 e. The van der Waals surface area contributed by atoms with Crippen LogP contribution in [0.15, 0.2) is 50.0 Å². The zero-order chi connectivity index (χ0) is 32.9. The SMILES string of the molecule is Nc1c(S(=O)(=O)O)cc2cc(S(=O)(=O)O)c(N=CNc3cc(Nc4nc(F)nc(F)c4Cl)ccc3S(=O)(=O)O)c(O)c2c1N. The molecule has 4 rings (SSSR count). The number of fused-ring (bicyclic) bond motifs is 1. The summed E-state index contributed by atoms with van der Waals surface area (Å²) in [5.41, 5.74) is 8.67. The number of nitrogen functional groups attached to an aromatic ring is 2.